The van der Waals surface area contributed by atoms with E-state index in [0.717, 1.165) is 70.9 Å². The molecular weight excluding hydrogens is 501 g/mol. The number of carbonyl (C=O) groups is 1. The summed E-state index contributed by atoms with van der Waals surface area (Å²) in [6, 6.07) is 11.3. The SMILES string of the molecule is CCN(CC)C1CCN(C(=NC)NCC(=O)N2CCC(Cc3ccccc3)CC2)C1.I. The summed E-state index contributed by atoms with van der Waals surface area (Å²) >= 11 is 0. The first kappa shape index (κ1) is 25.9. The summed E-state index contributed by atoms with van der Waals surface area (Å²) in [5, 5.41) is 3.32. The van der Waals surface area contributed by atoms with Crippen LogP contribution >= 0.6 is 24.0 Å². The summed E-state index contributed by atoms with van der Waals surface area (Å²) in [7, 11) is 1.81. The molecule has 31 heavy (non-hydrogen) atoms. The number of guanidine groups is 1. The van der Waals surface area contributed by atoms with Crippen molar-refractivity contribution >= 4 is 35.8 Å². The average molecular weight is 542 g/mol. The summed E-state index contributed by atoms with van der Waals surface area (Å²) in [5.41, 5.74) is 1.40. The number of hydrogen-bond donors (Lipinski definition) is 1. The Hall–Kier alpha value is -1.35. The van der Waals surface area contributed by atoms with Gasteiger partial charge in [0.25, 0.3) is 0 Å². The van der Waals surface area contributed by atoms with Crippen molar-refractivity contribution in [2.24, 2.45) is 10.9 Å². The summed E-state index contributed by atoms with van der Waals surface area (Å²) in [6.07, 6.45) is 4.46. The van der Waals surface area contributed by atoms with Crippen LogP contribution in [-0.4, -0.2) is 85.5 Å². The molecule has 0 saturated carbocycles. The number of likely N-dealkylation sites (tertiary alicyclic amines) is 2. The predicted molar refractivity (Wildman–Crippen MR) is 139 cm³/mol. The lowest BCUT2D eigenvalue weighted by Crippen LogP contribution is -2.48. The van der Waals surface area contributed by atoms with E-state index in [0.29, 0.717) is 18.5 Å². The van der Waals surface area contributed by atoms with Crippen molar-refractivity contribution in [2.45, 2.75) is 45.6 Å². The van der Waals surface area contributed by atoms with Gasteiger partial charge >= 0.3 is 0 Å². The molecular formula is C24H40IN5O. The Labute approximate surface area is 205 Å². The first-order chi connectivity index (χ1) is 14.6. The van der Waals surface area contributed by atoms with Crippen molar-refractivity contribution < 1.29 is 4.79 Å². The maximum absolute atomic E-state index is 12.7. The molecule has 2 aliphatic heterocycles. The standard InChI is InChI=1S/C24H39N5O.HI/c1-4-27(5-2)22-13-16-29(19-22)24(25-3)26-18-23(30)28-14-11-21(12-15-28)17-20-9-7-6-8-10-20;/h6-10,21-22H,4-5,11-19H2,1-3H3,(H,25,26);1H. The van der Waals surface area contributed by atoms with E-state index in [9.17, 15) is 4.79 Å². The van der Waals surface area contributed by atoms with E-state index in [2.05, 4.69) is 64.3 Å². The molecule has 0 aliphatic carbocycles. The summed E-state index contributed by atoms with van der Waals surface area (Å²) in [5.74, 6) is 1.73. The maximum atomic E-state index is 12.7. The van der Waals surface area contributed by atoms with Crippen molar-refractivity contribution in [3.63, 3.8) is 0 Å². The van der Waals surface area contributed by atoms with Crippen LogP contribution in [0.3, 0.4) is 0 Å². The normalized spacial score (nSPS) is 20.1. The van der Waals surface area contributed by atoms with Gasteiger partial charge in [0.05, 0.1) is 6.54 Å². The minimum Gasteiger partial charge on any atom is -0.347 e. The first-order valence-electron chi connectivity index (χ1n) is 11.7. The Kier molecular flexibility index (Phi) is 11.1. The van der Waals surface area contributed by atoms with Crippen LogP contribution in [0.1, 0.15) is 38.7 Å². The highest BCUT2D eigenvalue weighted by molar-refractivity contribution is 14.0. The van der Waals surface area contributed by atoms with Gasteiger partial charge in [-0.25, -0.2) is 0 Å². The van der Waals surface area contributed by atoms with Gasteiger partial charge in [0.2, 0.25) is 5.91 Å². The van der Waals surface area contributed by atoms with E-state index in [4.69, 9.17) is 0 Å². The van der Waals surface area contributed by atoms with Gasteiger partial charge in [-0.1, -0.05) is 44.2 Å². The average Bonchev–Trinajstić information content (AvgIpc) is 3.26. The molecule has 7 heteroatoms. The largest absolute Gasteiger partial charge is 0.347 e. The van der Waals surface area contributed by atoms with E-state index in [-0.39, 0.29) is 29.9 Å². The van der Waals surface area contributed by atoms with Crippen molar-refractivity contribution in [3.8, 4) is 0 Å². The van der Waals surface area contributed by atoms with Gasteiger partial charge < -0.3 is 15.1 Å². The van der Waals surface area contributed by atoms with Crippen molar-refractivity contribution in [1.82, 2.24) is 20.0 Å². The molecule has 0 aromatic heterocycles. The lowest BCUT2D eigenvalue weighted by Gasteiger charge is -2.32. The highest BCUT2D eigenvalue weighted by Crippen LogP contribution is 2.21. The molecule has 1 aromatic rings. The zero-order chi connectivity index (χ0) is 21.3. The molecule has 2 fully saturated rings. The van der Waals surface area contributed by atoms with Gasteiger partial charge in [-0.3, -0.25) is 14.7 Å². The van der Waals surface area contributed by atoms with Gasteiger partial charge in [0.1, 0.15) is 0 Å². The van der Waals surface area contributed by atoms with Crippen LogP contribution in [0, 0.1) is 5.92 Å². The number of halogens is 1. The molecule has 0 spiro atoms. The second-order valence-electron chi connectivity index (χ2n) is 8.52. The fourth-order valence-electron chi connectivity index (χ4n) is 4.90. The van der Waals surface area contributed by atoms with E-state index >= 15 is 0 Å². The zero-order valence-corrected chi connectivity index (χ0v) is 21.8. The summed E-state index contributed by atoms with van der Waals surface area (Å²) < 4.78 is 0. The Balaban J connectivity index is 0.00000341. The predicted octanol–water partition coefficient (Wildman–Crippen LogP) is 3.08. The number of benzene rings is 1. The second kappa shape index (κ2) is 13.3. The van der Waals surface area contributed by atoms with Gasteiger partial charge in [-0.15, -0.1) is 24.0 Å². The maximum Gasteiger partial charge on any atom is 0.241 e. The topological polar surface area (TPSA) is 51.2 Å². The number of likely N-dealkylation sites (N-methyl/N-ethyl adjacent to an activating group) is 1. The van der Waals surface area contributed by atoms with Crippen molar-refractivity contribution in [1.29, 1.82) is 0 Å². The third-order valence-electron chi connectivity index (χ3n) is 6.74. The number of amides is 1. The molecule has 174 valence electrons. The first-order valence-corrected chi connectivity index (χ1v) is 11.7. The Morgan fingerprint density at radius 3 is 2.32 bits per heavy atom. The highest BCUT2D eigenvalue weighted by atomic mass is 127. The van der Waals surface area contributed by atoms with Crippen LogP contribution in [0.5, 0.6) is 0 Å². The smallest absolute Gasteiger partial charge is 0.241 e. The minimum atomic E-state index is 0. The molecule has 0 bridgehead atoms. The lowest BCUT2D eigenvalue weighted by molar-refractivity contribution is -0.131. The van der Waals surface area contributed by atoms with Crippen molar-refractivity contribution in [2.75, 3.05) is 52.9 Å². The van der Waals surface area contributed by atoms with Crippen LogP contribution in [0.25, 0.3) is 0 Å². The Morgan fingerprint density at radius 1 is 1.06 bits per heavy atom. The quantitative estimate of drug-likeness (QED) is 0.328. The van der Waals surface area contributed by atoms with Gasteiger partial charge in [-0.2, -0.15) is 0 Å². The molecule has 1 atom stereocenters. The molecule has 2 aliphatic rings. The monoisotopic (exact) mass is 541 g/mol. The number of piperidine rings is 1. The van der Waals surface area contributed by atoms with Crippen LogP contribution in [-0.2, 0) is 11.2 Å². The molecule has 6 nitrogen and oxygen atoms in total. The number of rotatable bonds is 7. The summed E-state index contributed by atoms with van der Waals surface area (Å²) in [4.78, 5) is 24.0. The lowest BCUT2D eigenvalue weighted by atomic mass is 9.90. The number of carbonyl (C=O) groups excluding carboxylic acids is 1. The highest BCUT2D eigenvalue weighted by Gasteiger charge is 2.29. The Morgan fingerprint density at radius 2 is 1.71 bits per heavy atom. The molecule has 3 rings (SSSR count). The molecule has 0 radical (unpaired) electrons. The van der Waals surface area contributed by atoms with E-state index in [1.807, 2.05) is 11.9 Å². The van der Waals surface area contributed by atoms with E-state index in [1.165, 1.54) is 5.56 Å². The third-order valence-corrected chi connectivity index (χ3v) is 6.74. The fourth-order valence-corrected chi connectivity index (χ4v) is 4.90. The number of nitrogens with zero attached hydrogens (tertiary/aromatic N) is 4. The molecule has 2 saturated heterocycles. The van der Waals surface area contributed by atoms with Crippen LogP contribution < -0.4 is 5.32 Å². The van der Waals surface area contributed by atoms with Crippen LogP contribution in [0.4, 0.5) is 0 Å². The molecule has 2 heterocycles. The molecule has 1 aromatic carbocycles. The molecule has 1 unspecified atom stereocenters. The number of hydrogen-bond acceptors (Lipinski definition) is 3. The van der Waals surface area contributed by atoms with Gasteiger partial charge in [0.15, 0.2) is 5.96 Å². The van der Waals surface area contributed by atoms with Crippen LogP contribution in [0.15, 0.2) is 35.3 Å². The molecule has 1 N–H and O–H groups in total. The molecule has 1 amide bonds. The summed E-state index contributed by atoms with van der Waals surface area (Å²) in [6.45, 7) is 10.7. The Bertz CT molecular complexity index is 686. The van der Waals surface area contributed by atoms with E-state index in [1.54, 1.807) is 0 Å². The third kappa shape index (κ3) is 7.34. The second-order valence-corrected chi connectivity index (χ2v) is 8.52. The number of aliphatic imine (C=N–C) groups is 1. The minimum absolute atomic E-state index is 0. The fraction of sp³-hybridized carbons (Fsp3) is 0.667. The van der Waals surface area contributed by atoms with Crippen LogP contribution in [0.2, 0.25) is 0 Å². The van der Waals surface area contributed by atoms with E-state index < -0.39 is 0 Å². The van der Waals surface area contributed by atoms with Gasteiger partial charge in [-0.05, 0) is 50.3 Å². The number of nitrogens with one attached hydrogen (secondary N) is 1. The van der Waals surface area contributed by atoms with Crippen molar-refractivity contribution in [3.05, 3.63) is 35.9 Å². The van der Waals surface area contributed by atoms with Gasteiger partial charge in [0, 0.05) is 39.3 Å². The zero-order valence-electron chi connectivity index (χ0n) is 19.4.